The Hall–Kier alpha value is -2.32. The smallest absolute Gasteiger partial charge is 0.255 e. The number of nitrogens with zero attached hydrogens (tertiary/aromatic N) is 1. The Labute approximate surface area is 156 Å². The fourth-order valence-electron chi connectivity index (χ4n) is 4.05. The molecule has 4 rings (SSSR count). The van der Waals surface area contributed by atoms with Crippen LogP contribution >= 0.6 is 0 Å². The number of hydrogen-bond donors (Lipinski definition) is 3. The van der Waals surface area contributed by atoms with Gasteiger partial charge in [-0.15, -0.1) is 0 Å². The van der Waals surface area contributed by atoms with Gasteiger partial charge in [0.2, 0.25) is 11.8 Å². The van der Waals surface area contributed by atoms with E-state index in [1.165, 1.54) is 0 Å². The molecule has 144 valence electrons. The van der Waals surface area contributed by atoms with Crippen molar-refractivity contribution in [1.82, 2.24) is 20.9 Å². The Kier molecular flexibility index (Phi) is 4.92. The molecule has 3 aliphatic rings. The zero-order chi connectivity index (χ0) is 19.0. The maximum atomic E-state index is 13.5. The quantitative estimate of drug-likeness (QED) is 0.657. The lowest BCUT2D eigenvalue weighted by molar-refractivity contribution is -0.136. The van der Waals surface area contributed by atoms with E-state index in [-0.39, 0.29) is 24.3 Å². The molecule has 1 aromatic carbocycles. The molecule has 27 heavy (non-hydrogen) atoms. The van der Waals surface area contributed by atoms with Crippen molar-refractivity contribution in [3.63, 3.8) is 0 Å². The van der Waals surface area contributed by atoms with Crippen LogP contribution in [0.5, 0.6) is 0 Å². The standard InChI is InChI=1S/C19H23FN4O3/c20-13-6-14(9-21-8-13)22-7-11-1-2-15-12(5-11)10-24(19(15)27)16-3-4-17(25)23-18(16)26/h1-2,5,13-14,16,21-22H,3-4,6-10H2,(H,23,25,26)/t13-,14+,16?/m0/s1. The van der Waals surface area contributed by atoms with Crippen LogP contribution in [0.3, 0.4) is 0 Å². The molecule has 1 aromatic rings. The van der Waals surface area contributed by atoms with E-state index in [0.717, 1.165) is 17.7 Å². The minimum Gasteiger partial charge on any atom is -0.322 e. The first-order chi connectivity index (χ1) is 13.0. The third-order valence-electron chi connectivity index (χ3n) is 5.48. The van der Waals surface area contributed by atoms with Gasteiger partial charge in [0.25, 0.3) is 5.91 Å². The summed E-state index contributed by atoms with van der Waals surface area (Å²) in [6.45, 7) is 2.12. The van der Waals surface area contributed by atoms with E-state index < -0.39 is 18.1 Å². The minimum atomic E-state index is -0.823. The number of hydrogen-bond acceptors (Lipinski definition) is 5. The summed E-state index contributed by atoms with van der Waals surface area (Å²) < 4.78 is 13.5. The van der Waals surface area contributed by atoms with Crippen LogP contribution < -0.4 is 16.0 Å². The summed E-state index contributed by atoms with van der Waals surface area (Å²) in [6.07, 6.45) is 0.282. The molecule has 0 aromatic heterocycles. The highest BCUT2D eigenvalue weighted by atomic mass is 19.1. The molecule has 7 nitrogen and oxygen atoms in total. The van der Waals surface area contributed by atoms with Crippen LogP contribution in [0.15, 0.2) is 18.2 Å². The normalized spacial score (nSPS) is 28.3. The van der Waals surface area contributed by atoms with Gasteiger partial charge in [-0.05, 0) is 30.0 Å². The molecular weight excluding hydrogens is 351 g/mol. The maximum Gasteiger partial charge on any atom is 0.255 e. The van der Waals surface area contributed by atoms with E-state index in [1.54, 1.807) is 11.0 Å². The van der Waals surface area contributed by atoms with Crippen molar-refractivity contribution >= 4 is 17.7 Å². The summed E-state index contributed by atoms with van der Waals surface area (Å²) in [5.74, 6) is -0.864. The highest BCUT2D eigenvalue weighted by Gasteiger charge is 2.39. The molecule has 0 aliphatic carbocycles. The SMILES string of the molecule is O=C1CCC(N2Cc3cc(CN[C@H]4CNC[C@@H](F)C4)ccc3C2=O)C(=O)N1. The van der Waals surface area contributed by atoms with Gasteiger partial charge in [-0.1, -0.05) is 12.1 Å². The number of nitrogens with one attached hydrogen (secondary N) is 3. The second kappa shape index (κ2) is 7.36. The topological polar surface area (TPSA) is 90.5 Å². The predicted molar refractivity (Wildman–Crippen MR) is 95.5 cm³/mol. The van der Waals surface area contributed by atoms with Crippen molar-refractivity contribution in [3.8, 4) is 0 Å². The predicted octanol–water partition coefficient (Wildman–Crippen LogP) is 0.237. The molecule has 2 fully saturated rings. The van der Waals surface area contributed by atoms with E-state index in [2.05, 4.69) is 16.0 Å². The number of fused-ring (bicyclic) bond motifs is 1. The molecule has 0 spiro atoms. The Morgan fingerprint density at radius 3 is 2.85 bits per heavy atom. The molecule has 2 saturated heterocycles. The minimum absolute atomic E-state index is 0.0867. The Balaban J connectivity index is 1.41. The van der Waals surface area contributed by atoms with Gasteiger partial charge in [0.15, 0.2) is 0 Å². The number of rotatable bonds is 4. The summed E-state index contributed by atoms with van der Waals surface area (Å²) in [4.78, 5) is 37.6. The van der Waals surface area contributed by atoms with Crippen LogP contribution in [0.25, 0.3) is 0 Å². The fourth-order valence-corrected chi connectivity index (χ4v) is 4.05. The molecule has 0 radical (unpaired) electrons. The first-order valence-corrected chi connectivity index (χ1v) is 9.36. The third kappa shape index (κ3) is 3.72. The van der Waals surface area contributed by atoms with Crippen molar-refractivity contribution in [1.29, 1.82) is 0 Å². The Morgan fingerprint density at radius 2 is 2.07 bits per heavy atom. The number of benzene rings is 1. The highest BCUT2D eigenvalue weighted by molar-refractivity contribution is 6.05. The number of carbonyl (C=O) groups is 3. The van der Waals surface area contributed by atoms with Crippen molar-refractivity contribution in [2.45, 2.75) is 50.6 Å². The first-order valence-electron chi connectivity index (χ1n) is 9.36. The molecule has 3 aliphatic heterocycles. The molecule has 3 atom stereocenters. The summed E-state index contributed by atoms with van der Waals surface area (Å²) in [7, 11) is 0. The lowest BCUT2D eigenvalue weighted by atomic mass is 10.0. The Bertz CT molecular complexity index is 784. The van der Waals surface area contributed by atoms with E-state index in [9.17, 15) is 18.8 Å². The van der Waals surface area contributed by atoms with E-state index in [1.807, 2.05) is 12.1 Å². The molecule has 3 N–H and O–H groups in total. The van der Waals surface area contributed by atoms with Gasteiger partial charge in [0.1, 0.15) is 12.2 Å². The fraction of sp³-hybridized carbons (Fsp3) is 0.526. The average Bonchev–Trinajstić information content (AvgIpc) is 2.96. The second-order valence-electron chi connectivity index (χ2n) is 7.46. The summed E-state index contributed by atoms with van der Waals surface area (Å²) in [5, 5.41) is 8.73. The van der Waals surface area contributed by atoms with Gasteiger partial charge >= 0.3 is 0 Å². The van der Waals surface area contributed by atoms with Crippen LogP contribution in [-0.2, 0) is 22.7 Å². The number of imide groups is 1. The van der Waals surface area contributed by atoms with Crippen LogP contribution in [0.4, 0.5) is 4.39 Å². The zero-order valence-electron chi connectivity index (χ0n) is 15.0. The Morgan fingerprint density at radius 1 is 1.22 bits per heavy atom. The zero-order valence-corrected chi connectivity index (χ0v) is 15.0. The number of halogens is 1. The van der Waals surface area contributed by atoms with Gasteiger partial charge in [0.05, 0.1) is 0 Å². The number of amides is 3. The van der Waals surface area contributed by atoms with Gasteiger partial charge in [-0.25, -0.2) is 4.39 Å². The average molecular weight is 374 g/mol. The first kappa shape index (κ1) is 18.1. The van der Waals surface area contributed by atoms with E-state index in [0.29, 0.717) is 38.0 Å². The van der Waals surface area contributed by atoms with Gasteiger partial charge in [-0.2, -0.15) is 0 Å². The van der Waals surface area contributed by atoms with Gasteiger partial charge in [-0.3, -0.25) is 19.7 Å². The highest BCUT2D eigenvalue weighted by Crippen LogP contribution is 2.28. The molecule has 3 amide bonds. The van der Waals surface area contributed by atoms with Crippen molar-refractivity contribution in [2.24, 2.45) is 0 Å². The maximum absolute atomic E-state index is 13.5. The number of carbonyl (C=O) groups excluding carboxylic acids is 3. The van der Waals surface area contributed by atoms with E-state index in [4.69, 9.17) is 0 Å². The van der Waals surface area contributed by atoms with Crippen molar-refractivity contribution < 1.29 is 18.8 Å². The molecule has 8 heteroatoms. The largest absolute Gasteiger partial charge is 0.322 e. The van der Waals surface area contributed by atoms with Crippen LogP contribution in [0.2, 0.25) is 0 Å². The van der Waals surface area contributed by atoms with Crippen LogP contribution in [0, 0.1) is 0 Å². The summed E-state index contributed by atoms with van der Waals surface area (Å²) in [5.41, 5.74) is 2.51. The van der Waals surface area contributed by atoms with E-state index >= 15 is 0 Å². The van der Waals surface area contributed by atoms with Crippen molar-refractivity contribution in [3.05, 3.63) is 34.9 Å². The molecule has 1 unspecified atom stereocenters. The number of alkyl halides is 1. The molecule has 0 bridgehead atoms. The summed E-state index contributed by atoms with van der Waals surface area (Å²) in [6, 6.07) is 5.14. The van der Waals surface area contributed by atoms with Crippen molar-refractivity contribution in [2.75, 3.05) is 13.1 Å². The lowest BCUT2D eigenvalue weighted by Crippen LogP contribution is -2.52. The monoisotopic (exact) mass is 374 g/mol. The van der Waals surface area contributed by atoms with Crippen LogP contribution in [-0.4, -0.2) is 54.0 Å². The summed E-state index contributed by atoms with van der Waals surface area (Å²) >= 11 is 0. The van der Waals surface area contributed by atoms with Gasteiger partial charge < -0.3 is 15.5 Å². The molecule has 3 heterocycles. The molecular formula is C19H23FN4O3. The van der Waals surface area contributed by atoms with Crippen LogP contribution in [0.1, 0.15) is 40.7 Å². The molecule has 0 saturated carbocycles. The number of piperidine rings is 2. The van der Waals surface area contributed by atoms with Gasteiger partial charge in [0, 0.05) is 44.2 Å². The second-order valence-corrected chi connectivity index (χ2v) is 7.46. The third-order valence-corrected chi connectivity index (χ3v) is 5.48. The lowest BCUT2D eigenvalue weighted by Gasteiger charge is -2.29.